The molecule has 0 heterocycles. The van der Waals surface area contributed by atoms with Crippen molar-refractivity contribution in [3.8, 4) is 5.75 Å². The lowest BCUT2D eigenvalue weighted by molar-refractivity contribution is -0.123. The average molecular weight is 269 g/mol. The second-order valence-corrected chi connectivity index (χ2v) is 4.99. The van der Waals surface area contributed by atoms with E-state index in [1.54, 1.807) is 24.3 Å². The summed E-state index contributed by atoms with van der Waals surface area (Å²) in [5, 5.41) is 3.35. The van der Waals surface area contributed by atoms with E-state index in [2.05, 4.69) is 5.32 Å². The van der Waals surface area contributed by atoms with Gasteiger partial charge in [-0.05, 0) is 37.0 Å². The number of hydrogen-bond donors (Lipinski definition) is 2. The number of carbonyl (C=O) groups is 1. The molecule has 1 aromatic carbocycles. The van der Waals surface area contributed by atoms with E-state index in [4.69, 9.17) is 22.1 Å². The Morgan fingerprint density at radius 2 is 2.33 bits per heavy atom. The number of halogens is 1. The Morgan fingerprint density at radius 1 is 1.56 bits per heavy atom. The van der Waals surface area contributed by atoms with Crippen LogP contribution in [0.3, 0.4) is 0 Å². The molecule has 0 aliphatic heterocycles. The third kappa shape index (κ3) is 4.20. The van der Waals surface area contributed by atoms with Gasteiger partial charge in [-0.25, -0.2) is 0 Å². The second-order valence-electron chi connectivity index (χ2n) is 4.55. The highest BCUT2D eigenvalue weighted by Crippen LogP contribution is 2.31. The van der Waals surface area contributed by atoms with Crippen LogP contribution in [0.15, 0.2) is 24.3 Å². The Hall–Kier alpha value is -1.26. The fourth-order valence-electron chi connectivity index (χ4n) is 1.68. The van der Waals surface area contributed by atoms with Crippen molar-refractivity contribution < 1.29 is 9.53 Å². The van der Waals surface area contributed by atoms with Gasteiger partial charge in [-0.15, -0.1) is 0 Å². The van der Waals surface area contributed by atoms with Crippen molar-refractivity contribution in [1.29, 1.82) is 0 Å². The van der Waals surface area contributed by atoms with Gasteiger partial charge in [-0.3, -0.25) is 4.79 Å². The minimum Gasteiger partial charge on any atom is -0.484 e. The molecule has 3 N–H and O–H groups in total. The Bertz CT molecular complexity index is 421. The SMILES string of the molecule is NC(CNC(=O)COc1cccc(Cl)c1)C1CC1. The second kappa shape index (κ2) is 6.07. The molecule has 1 unspecified atom stereocenters. The van der Waals surface area contributed by atoms with Gasteiger partial charge in [0.1, 0.15) is 5.75 Å². The minimum atomic E-state index is -0.161. The summed E-state index contributed by atoms with van der Waals surface area (Å²) < 4.78 is 5.32. The van der Waals surface area contributed by atoms with Gasteiger partial charge in [0.15, 0.2) is 6.61 Å². The van der Waals surface area contributed by atoms with Crippen LogP contribution in [0.5, 0.6) is 5.75 Å². The molecule has 1 fully saturated rings. The first-order valence-corrected chi connectivity index (χ1v) is 6.43. The van der Waals surface area contributed by atoms with Crippen molar-refractivity contribution in [1.82, 2.24) is 5.32 Å². The van der Waals surface area contributed by atoms with Crippen molar-refractivity contribution in [2.24, 2.45) is 11.7 Å². The maximum Gasteiger partial charge on any atom is 0.257 e. The molecular formula is C13H17ClN2O2. The predicted molar refractivity (Wildman–Crippen MR) is 70.7 cm³/mol. The smallest absolute Gasteiger partial charge is 0.257 e. The van der Waals surface area contributed by atoms with Crippen LogP contribution in [-0.2, 0) is 4.79 Å². The highest BCUT2D eigenvalue weighted by molar-refractivity contribution is 6.30. The van der Waals surface area contributed by atoms with Crippen molar-refractivity contribution in [3.05, 3.63) is 29.3 Å². The van der Waals surface area contributed by atoms with Crippen LogP contribution in [0.1, 0.15) is 12.8 Å². The molecule has 0 saturated heterocycles. The zero-order valence-corrected chi connectivity index (χ0v) is 10.8. The zero-order chi connectivity index (χ0) is 13.0. The summed E-state index contributed by atoms with van der Waals surface area (Å²) in [5.74, 6) is 1.01. The molecule has 1 amide bonds. The summed E-state index contributed by atoms with van der Waals surface area (Å²) >= 11 is 5.81. The number of nitrogens with two attached hydrogens (primary N) is 1. The van der Waals surface area contributed by atoms with Gasteiger partial charge in [0.05, 0.1) is 0 Å². The van der Waals surface area contributed by atoms with Crippen LogP contribution in [0, 0.1) is 5.92 Å². The van der Waals surface area contributed by atoms with E-state index in [0.29, 0.717) is 23.2 Å². The van der Waals surface area contributed by atoms with Crippen molar-refractivity contribution >= 4 is 17.5 Å². The Kier molecular flexibility index (Phi) is 4.44. The number of benzene rings is 1. The van der Waals surface area contributed by atoms with Crippen LogP contribution in [0.2, 0.25) is 5.02 Å². The summed E-state index contributed by atoms with van der Waals surface area (Å²) in [6.45, 7) is 0.500. The number of carbonyl (C=O) groups excluding carboxylic acids is 1. The number of rotatable bonds is 6. The highest BCUT2D eigenvalue weighted by atomic mass is 35.5. The minimum absolute atomic E-state index is 0.0161. The molecule has 2 rings (SSSR count). The maximum absolute atomic E-state index is 11.5. The van der Waals surface area contributed by atoms with Crippen molar-refractivity contribution in [2.45, 2.75) is 18.9 Å². The Morgan fingerprint density at radius 3 is 3.00 bits per heavy atom. The van der Waals surface area contributed by atoms with Crippen LogP contribution in [-0.4, -0.2) is 25.1 Å². The average Bonchev–Trinajstić information content (AvgIpc) is 3.17. The van der Waals surface area contributed by atoms with Crippen LogP contribution < -0.4 is 15.8 Å². The third-order valence-electron chi connectivity index (χ3n) is 2.93. The predicted octanol–water partition coefficient (Wildman–Crippen LogP) is 1.57. The lowest BCUT2D eigenvalue weighted by atomic mass is 10.2. The van der Waals surface area contributed by atoms with Crippen LogP contribution in [0.4, 0.5) is 0 Å². The lowest BCUT2D eigenvalue weighted by Gasteiger charge is -2.12. The molecule has 98 valence electrons. The largest absolute Gasteiger partial charge is 0.484 e. The van der Waals surface area contributed by atoms with Gasteiger partial charge in [-0.2, -0.15) is 0 Å². The molecule has 1 aliphatic carbocycles. The summed E-state index contributed by atoms with van der Waals surface area (Å²) in [7, 11) is 0. The highest BCUT2D eigenvalue weighted by Gasteiger charge is 2.28. The van der Waals surface area contributed by atoms with E-state index in [-0.39, 0.29) is 18.6 Å². The topological polar surface area (TPSA) is 64.3 Å². The van der Waals surface area contributed by atoms with Crippen molar-refractivity contribution in [2.75, 3.05) is 13.2 Å². The molecule has 18 heavy (non-hydrogen) atoms. The van der Waals surface area contributed by atoms with Crippen molar-refractivity contribution in [3.63, 3.8) is 0 Å². The third-order valence-corrected chi connectivity index (χ3v) is 3.16. The van der Waals surface area contributed by atoms with Gasteiger partial charge in [0.2, 0.25) is 0 Å². The lowest BCUT2D eigenvalue weighted by Crippen LogP contribution is -2.40. The fourth-order valence-corrected chi connectivity index (χ4v) is 1.86. The molecule has 0 radical (unpaired) electrons. The monoisotopic (exact) mass is 268 g/mol. The first-order chi connectivity index (χ1) is 8.65. The van der Waals surface area contributed by atoms with Crippen LogP contribution in [0.25, 0.3) is 0 Å². The molecule has 1 aromatic rings. The number of amides is 1. The number of nitrogens with one attached hydrogen (secondary N) is 1. The molecule has 1 saturated carbocycles. The maximum atomic E-state index is 11.5. The summed E-state index contributed by atoms with van der Waals surface area (Å²) in [4.78, 5) is 11.5. The summed E-state index contributed by atoms with van der Waals surface area (Å²) in [6, 6.07) is 7.03. The zero-order valence-electron chi connectivity index (χ0n) is 10.1. The van der Waals surface area contributed by atoms with E-state index in [1.807, 2.05) is 0 Å². The first-order valence-electron chi connectivity index (χ1n) is 6.06. The fraction of sp³-hybridized carbons (Fsp3) is 0.462. The normalized spacial score (nSPS) is 16.1. The van der Waals surface area contributed by atoms with Gasteiger partial charge in [0.25, 0.3) is 5.91 Å². The molecule has 0 aromatic heterocycles. The molecule has 4 nitrogen and oxygen atoms in total. The quantitative estimate of drug-likeness (QED) is 0.823. The Labute approximate surface area is 111 Å². The first kappa shape index (κ1) is 13.2. The van der Waals surface area contributed by atoms with E-state index < -0.39 is 0 Å². The molecule has 1 atom stereocenters. The molecule has 5 heteroatoms. The number of hydrogen-bond acceptors (Lipinski definition) is 3. The molecule has 1 aliphatic rings. The molecule has 0 bridgehead atoms. The van der Waals surface area contributed by atoms with E-state index in [9.17, 15) is 4.79 Å². The van der Waals surface area contributed by atoms with Crippen LogP contribution >= 0.6 is 11.6 Å². The standard InChI is InChI=1S/C13H17ClN2O2/c14-10-2-1-3-11(6-10)18-8-13(17)16-7-12(15)9-4-5-9/h1-3,6,9,12H,4-5,7-8,15H2,(H,16,17). The van der Waals surface area contributed by atoms with E-state index in [1.165, 1.54) is 12.8 Å². The van der Waals surface area contributed by atoms with Gasteiger partial charge >= 0.3 is 0 Å². The Balaban J connectivity index is 1.67. The molecule has 0 spiro atoms. The molecular weight excluding hydrogens is 252 g/mol. The van der Waals surface area contributed by atoms with E-state index in [0.717, 1.165) is 0 Å². The van der Waals surface area contributed by atoms with Gasteiger partial charge < -0.3 is 15.8 Å². The summed E-state index contributed by atoms with van der Waals surface area (Å²) in [6.07, 6.45) is 2.35. The van der Waals surface area contributed by atoms with Gasteiger partial charge in [0, 0.05) is 17.6 Å². The van der Waals surface area contributed by atoms with E-state index >= 15 is 0 Å². The summed E-state index contributed by atoms with van der Waals surface area (Å²) in [5.41, 5.74) is 5.88. The number of ether oxygens (including phenoxy) is 1. The van der Waals surface area contributed by atoms with Gasteiger partial charge in [-0.1, -0.05) is 17.7 Å².